The molecule has 1 aliphatic carbocycles. The minimum absolute atomic E-state index is 0.168. The van der Waals surface area contributed by atoms with Gasteiger partial charge in [0.1, 0.15) is 18.0 Å². The van der Waals surface area contributed by atoms with Crippen LogP contribution in [0.5, 0.6) is 0 Å². The van der Waals surface area contributed by atoms with E-state index in [1.807, 2.05) is 0 Å². The molecule has 0 unspecified atom stereocenters. The molecule has 100 valence electrons. The molecule has 2 rings (SSSR count). The van der Waals surface area contributed by atoms with Gasteiger partial charge in [-0.25, -0.2) is 9.97 Å². The van der Waals surface area contributed by atoms with E-state index in [9.17, 15) is 0 Å². The Morgan fingerprint density at radius 2 is 2.00 bits per heavy atom. The van der Waals surface area contributed by atoms with Gasteiger partial charge in [0, 0.05) is 11.1 Å². The van der Waals surface area contributed by atoms with Crippen molar-refractivity contribution in [1.82, 2.24) is 9.97 Å². The van der Waals surface area contributed by atoms with Crippen molar-refractivity contribution in [2.45, 2.75) is 64.3 Å². The average Bonchev–Trinajstić information content (AvgIpc) is 2.34. The minimum Gasteiger partial charge on any atom is -0.383 e. The second-order valence-corrected chi connectivity index (χ2v) is 5.58. The van der Waals surface area contributed by atoms with E-state index < -0.39 is 0 Å². The van der Waals surface area contributed by atoms with Crippen LogP contribution in [-0.2, 0) is 6.42 Å². The molecule has 0 bridgehead atoms. The highest BCUT2D eigenvalue weighted by atomic mass is 15.1. The molecule has 0 radical (unpaired) electrons. The summed E-state index contributed by atoms with van der Waals surface area (Å²) in [5, 5.41) is 3.62. The first-order valence-electron chi connectivity index (χ1n) is 7.02. The Hall–Kier alpha value is -1.32. The lowest BCUT2D eigenvalue weighted by Crippen LogP contribution is -2.37. The van der Waals surface area contributed by atoms with Crippen molar-refractivity contribution in [3.05, 3.63) is 11.9 Å². The zero-order chi connectivity index (χ0) is 13.0. The molecule has 1 aliphatic rings. The maximum atomic E-state index is 5.96. The van der Waals surface area contributed by atoms with Gasteiger partial charge < -0.3 is 11.1 Å². The highest BCUT2D eigenvalue weighted by Gasteiger charge is 2.27. The Kier molecular flexibility index (Phi) is 4.04. The molecule has 1 fully saturated rings. The zero-order valence-corrected chi connectivity index (χ0v) is 11.5. The summed E-state index contributed by atoms with van der Waals surface area (Å²) in [6, 6.07) is 0. The summed E-state index contributed by atoms with van der Waals surface area (Å²) in [6.45, 7) is 4.44. The smallest absolute Gasteiger partial charge is 0.135 e. The Balaban J connectivity index is 2.19. The molecule has 1 aromatic heterocycles. The number of aromatic nitrogens is 2. The number of nitrogen functional groups attached to an aromatic ring is 1. The van der Waals surface area contributed by atoms with E-state index >= 15 is 0 Å². The molecule has 0 aliphatic heterocycles. The van der Waals surface area contributed by atoms with Gasteiger partial charge in [0.05, 0.1) is 0 Å². The highest BCUT2D eigenvalue weighted by Crippen LogP contribution is 2.32. The number of rotatable bonds is 4. The van der Waals surface area contributed by atoms with E-state index in [1.54, 1.807) is 6.33 Å². The van der Waals surface area contributed by atoms with E-state index in [0.29, 0.717) is 5.82 Å². The van der Waals surface area contributed by atoms with Gasteiger partial charge in [0.2, 0.25) is 0 Å². The Morgan fingerprint density at radius 1 is 1.28 bits per heavy atom. The maximum absolute atomic E-state index is 5.96. The molecule has 18 heavy (non-hydrogen) atoms. The lowest BCUT2D eigenvalue weighted by molar-refractivity contribution is 0.348. The first kappa shape index (κ1) is 13.1. The quantitative estimate of drug-likeness (QED) is 0.859. The summed E-state index contributed by atoms with van der Waals surface area (Å²) in [7, 11) is 0. The van der Waals surface area contributed by atoms with Gasteiger partial charge in [0.15, 0.2) is 0 Å². The van der Waals surface area contributed by atoms with Crippen molar-refractivity contribution in [2.75, 3.05) is 11.1 Å². The van der Waals surface area contributed by atoms with Crippen molar-refractivity contribution >= 4 is 11.6 Å². The molecule has 0 saturated heterocycles. The first-order chi connectivity index (χ1) is 8.64. The van der Waals surface area contributed by atoms with Gasteiger partial charge in [-0.05, 0) is 26.2 Å². The van der Waals surface area contributed by atoms with Gasteiger partial charge in [-0.15, -0.1) is 0 Å². The SMILES string of the molecule is CCCc1c(N)ncnc1NC1(C)CCCCC1. The standard InChI is InChI=1S/C14H24N4/c1-3-7-11-12(15)16-10-17-13(11)18-14(2)8-5-4-6-9-14/h10H,3-9H2,1-2H3,(H3,15,16,17,18). The van der Waals surface area contributed by atoms with Gasteiger partial charge in [-0.3, -0.25) is 0 Å². The molecule has 1 heterocycles. The van der Waals surface area contributed by atoms with E-state index in [-0.39, 0.29) is 5.54 Å². The fraction of sp³-hybridized carbons (Fsp3) is 0.714. The van der Waals surface area contributed by atoms with E-state index in [0.717, 1.165) is 24.2 Å². The third-order valence-electron chi connectivity index (χ3n) is 3.86. The average molecular weight is 248 g/mol. The van der Waals surface area contributed by atoms with E-state index in [4.69, 9.17) is 5.73 Å². The molecular weight excluding hydrogens is 224 g/mol. The number of anilines is 2. The van der Waals surface area contributed by atoms with Crippen LogP contribution in [0.2, 0.25) is 0 Å². The predicted molar refractivity (Wildman–Crippen MR) is 75.6 cm³/mol. The van der Waals surface area contributed by atoms with Crippen LogP contribution >= 0.6 is 0 Å². The molecule has 1 aromatic rings. The summed E-state index contributed by atoms with van der Waals surface area (Å²) in [6.07, 6.45) is 9.92. The van der Waals surface area contributed by atoms with Crippen molar-refractivity contribution < 1.29 is 0 Å². The summed E-state index contributed by atoms with van der Waals surface area (Å²) in [4.78, 5) is 8.50. The summed E-state index contributed by atoms with van der Waals surface area (Å²) >= 11 is 0. The van der Waals surface area contributed by atoms with Crippen molar-refractivity contribution in [2.24, 2.45) is 0 Å². The van der Waals surface area contributed by atoms with Gasteiger partial charge >= 0.3 is 0 Å². The lowest BCUT2D eigenvalue weighted by Gasteiger charge is -2.35. The molecule has 1 saturated carbocycles. The monoisotopic (exact) mass is 248 g/mol. The van der Waals surface area contributed by atoms with Crippen molar-refractivity contribution in [3.63, 3.8) is 0 Å². The molecule has 0 amide bonds. The normalized spacial score (nSPS) is 18.6. The first-order valence-corrected chi connectivity index (χ1v) is 7.02. The Bertz CT molecular complexity index is 397. The third kappa shape index (κ3) is 2.92. The molecule has 3 N–H and O–H groups in total. The zero-order valence-electron chi connectivity index (χ0n) is 11.5. The van der Waals surface area contributed by atoms with Crippen molar-refractivity contribution in [1.29, 1.82) is 0 Å². The Labute approximate surface area is 109 Å². The Morgan fingerprint density at radius 3 is 2.67 bits per heavy atom. The molecule has 0 aromatic carbocycles. The van der Waals surface area contributed by atoms with E-state index in [2.05, 4.69) is 29.1 Å². The fourth-order valence-corrected chi connectivity index (χ4v) is 2.77. The second-order valence-electron chi connectivity index (χ2n) is 5.58. The van der Waals surface area contributed by atoms with Gasteiger partial charge in [-0.1, -0.05) is 32.6 Å². The molecular formula is C14H24N4. The number of hydrogen-bond donors (Lipinski definition) is 2. The van der Waals surface area contributed by atoms with Crippen molar-refractivity contribution in [3.8, 4) is 0 Å². The third-order valence-corrected chi connectivity index (χ3v) is 3.86. The largest absolute Gasteiger partial charge is 0.383 e. The van der Waals surface area contributed by atoms with Crippen LogP contribution < -0.4 is 11.1 Å². The van der Waals surface area contributed by atoms with Gasteiger partial charge in [-0.2, -0.15) is 0 Å². The van der Waals surface area contributed by atoms with Crippen LogP contribution in [0, 0.1) is 0 Å². The topological polar surface area (TPSA) is 63.8 Å². The second kappa shape index (κ2) is 5.55. The predicted octanol–water partition coefficient (Wildman–Crippen LogP) is 3.15. The number of nitrogens with zero attached hydrogens (tertiary/aromatic N) is 2. The molecule has 4 heteroatoms. The summed E-state index contributed by atoms with van der Waals surface area (Å²) < 4.78 is 0. The maximum Gasteiger partial charge on any atom is 0.135 e. The highest BCUT2D eigenvalue weighted by molar-refractivity contribution is 5.56. The van der Waals surface area contributed by atoms with Gasteiger partial charge in [0.25, 0.3) is 0 Å². The molecule has 0 spiro atoms. The summed E-state index contributed by atoms with van der Waals surface area (Å²) in [5.74, 6) is 1.56. The van der Waals surface area contributed by atoms with Crippen LogP contribution in [0.3, 0.4) is 0 Å². The van der Waals surface area contributed by atoms with Crippen LogP contribution in [0.25, 0.3) is 0 Å². The number of nitrogens with one attached hydrogen (secondary N) is 1. The fourth-order valence-electron chi connectivity index (χ4n) is 2.77. The van der Waals surface area contributed by atoms with E-state index in [1.165, 1.54) is 32.1 Å². The lowest BCUT2D eigenvalue weighted by atomic mass is 9.83. The molecule has 0 atom stereocenters. The number of hydrogen-bond acceptors (Lipinski definition) is 4. The van der Waals surface area contributed by atoms with Crippen LogP contribution in [-0.4, -0.2) is 15.5 Å². The number of nitrogens with two attached hydrogens (primary N) is 1. The van der Waals surface area contributed by atoms with Crippen LogP contribution in [0.15, 0.2) is 6.33 Å². The summed E-state index contributed by atoms with van der Waals surface area (Å²) in [5.41, 5.74) is 7.21. The minimum atomic E-state index is 0.168. The van der Waals surface area contributed by atoms with Crippen LogP contribution in [0.1, 0.15) is 57.9 Å². The molecule has 4 nitrogen and oxygen atoms in total. The van der Waals surface area contributed by atoms with Crippen LogP contribution in [0.4, 0.5) is 11.6 Å².